The van der Waals surface area contributed by atoms with Gasteiger partial charge >= 0.3 is 5.97 Å². The first-order chi connectivity index (χ1) is 7.31. The predicted molar refractivity (Wildman–Crippen MR) is 56.1 cm³/mol. The molecule has 2 aliphatic rings. The van der Waals surface area contributed by atoms with Gasteiger partial charge in [0.1, 0.15) is 5.69 Å². The maximum atomic E-state index is 11.7. The first-order valence-corrected chi connectivity index (χ1v) is 5.69. The first-order valence-electron chi connectivity index (χ1n) is 5.69. The molecule has 80 valence electrons. The highest BCUT2D eigenvalue weighted by Crippen LogP contribution is 2.54. The Morgan fingerprint density at radius 1 is 1.53 bits per heavy atom. The summed E-state index contributed by atoms with van der Waals surface area (Å²) < 4.78 is 5.05. The largest absolute Gasteiger partial charge is 0.461 e. The van der Waals surface area contributed by atoms with Crippen LogP contribution in [0.25, 0.3) is 0 Å². The molecule has 2 bridgehead atoms. The average Bonchev–Trinajstić information content (AvgIpc) is 2.90. The summed E-state index contributed by atoms with van der Waals surface area (Å²) in [6.45, 7) is 2.29. The second-order valence-corrected chi connectivity index (χ2v) is 4.46. The Balaban J connectivity index is 1.99. The van der Waals surface area contributed by atoms with Gasteiger partial charge in [-0.25, -0.2) is 4.79 Å². The van der Waals surface area contributed by atoms with Gasteiger partial charge in [0.15, 0.2) is 0 Å². The van der Waals surface area contributed by atoms with Crippen molar-refractivity contribution in [3.05, 3.63) is 23.0 Å². The lowest BCUT2D eigenvalue weighted by atomic mass is 9.94. The third-order valence-electron chi connectivity index (χ3n) is 3.71. The molecule has 1 aromatic heterocycles. The molecule has 0 radical (unpaired) electrons. The van der Waals surface area contributed by atoms with Crippen molar-refractivity contribution in [1.82, 2.24) is 4.98 Å². The van der Waals surface area contributed by atoms with E-state index in [1.807, 2.05) is 13.1 Å². The second-order valence-electron chi connectivity index (χ2n) is 4.46. The second kappa shape index (κ2) is 3.12. The van der Waals surface area contributed by atoms with E-state index < -0.39 is 0 Å². The van der Waals surface area contributed by atoms with E-state index >= 15 is 0 Å². The molecule has 15 heavy (non-hydrogen) atoms. The molecule has 1 heterocycles. The van der Waals surface area contributed by atoms with Crippen molar-refractivity contribution in [2.45, 2.75) is 38.0 Å². The Labute approximate surface area is 88.8 Å². The van der Waals surface area contributed by atoms with Crippen LogP contribution in [0.3, 0.4) is 0 Å². The Morgan fingerprint density at radius 2 is 2.33 bits per heavy atom. The van der Waals surface area contributed by atoms with Crippen molar-refractivity contribution >= 4 is 5.97 Å². The van der Waals surface area contributed by atoms with Crippen LogP contribution in [0.5, 0.6) is 0 Å². The van der Waals surface area contributed by atoms with E-state index in [4.69, 9.17) is 4.74 Å². The van der Waals surface area contributed by atoms with Crippen molar-refractivity contribution in [3.8, 4) is 0 Å². The van der Waals surface area contributed by atoms with E-state index in [1.165, 1.54) is 30.4 Å². The van der Waals surface area contributed by atoms with Gasteiger partial charge in [-0.3, -0.25) is 0 Å². The SMILES string of the molecule is CCOC(=O)c1[nH]cc2c1[C@@H]1CC[C@H]2C1. The molecule has 0 unspecified atom stereocenters. The van der Waals surface area contributed by atoms with Crippen LogP contribution < -0.4 is 0 Å². The van der Waals surface area contributed by atoms with E-state index in [0.29, 0.717) is 24.1 Å². The number of aromatic amines is 1. The lowest BCUT2D eigenvalue weighted by molar-refractivity contribution is 0.0518. The number of hydrogen-bond donors (Lipinski definition) is 1. The zero-order valence-electron chi connectivity index (χ0n) is 8.88. The molecule has 3 rings (SSSR count). The van der Waals surface area contributed by atoms with Crippen LogP contribution in [-0.2, 0) is 4.74 Å². The third-order valence-corrected chi connectivity index (χ3v) is 3.71. The van der Waals surface area contributed by atoms with Gasteiger partial charge < -0.3 is 9.72 Å². The maximum Gasteiger partial charge on any atom is 0.355 e. The summed E-state index contributed by atoms with van der Waals surface area (Å²) in [5, 5.41) is 0. The molecule has 0 saturated heterocycles. The number of fused-ring (bicyclic) bond motifs is 5. The Morgan fingerprint density at radius 3 is 3.13 bits per heavy atom. The van der Waals surface area contributed by atoms with E-state index in [2.05, 4.69) is 4.98 Å². The number of carbonyl (C=O) groups is 1. The number of carbonyl (C=O) groups excluding carboxylic acids is 1. The topological polar surface area (TPSA) is 42.1 Å². The Kier molecular flexibility index (Phi) is 1.87. The number of aromatic nitrogens is 1. The summed E-state index contributed by atoms with van der Waals surface area (Å²) >= 11 is 0. The zero-order valence-corrected chi connectivity index (χ0v) is 8.88. The average molecular weight is 205 g/mol. The molecule has 0 aromatic carbocycles. The van der Waals surface area contributed by atoms with Crippen LogP contribution in [0.2, 0.25) is 0 Å². The van der Waals surface area contributed by atoms with Gasteiger partial charge in [-0.15, -0.1) is 0 Å². The van der Waals surface area contributed by atoms with Crippen LogP contribution in [-0.4, -0.2) is 17.6 Å². The van der Waals surface area contributed by atoms with E-state index in [9.17, 15) is 4.79 Å². The minimum atomic E-state index is -0.189. The van der Waals surface area contributed by atoms with Crippen LogP contribution in [0.1, 0.15) is 59.6 Å². The van der Waals surface area contributed by atoms with Crippen molar-refractivity contribution < 1.29 is 9.53 Å². The number of esters is 1. The van der Waals surface area contributed by atoms with Gasteiger partial charge in [0.2, 0.25) is 0 Å². The van der Waals surface area contributed by atoms with Gasteiger partial charge in [0.05, 0.1) is 6.61 Å². The molecule has 0 spiro atoms. The Hall–Kier alpha value is -1.25. The van der Waals surface area contributed by atoms with Crippen LogP contribution >= 0.6 is 0 Å². The summed E-state index contributed by atoms with van der Waals surface area (Å²) in [4.78, 5) is 14.8. The van der Waals surface area contributed by atoms with E-state index in [0.717, 1.165) is 0 Å². The van der Waals surface area contributed by atoms with Gasteiger partial charge in [0.25, 0.3) is 0 Å². The summed E-state index contributed by atoms with van der Waals surface area (Å²) in [5.74, 6) is 1.12. The molecule has 1 aromatic rings. The number of hydrogen-bond acceptors (Lipinski definition) is 2. The molecule has 1 fully saturated rings. The fourth-order valence-electron chi connectivity index (χ4n) is 3.13. The minimum Gasteiger partial charge on any atom is -0.461 e. The molecule has 1 saturated carbocycles. The molecule has 2 atom stereocenters. The molecule has 2 aliphatic carbocycles. The standard InChI is InChI=1S/C12H15NO2/c1-2-15-12(14)11-10-8-4-3-7(5-8)9(10)6-13-11/h6-8,13H,2-5H2,1H3/t7-,8+/m0/s1. The van der Waals surface area contributed by atoms with Gasteiger partial charge in [-0.05, 0) is 49.1 Å². The number of nitrogens with one attached hydrogen (secondary N) is 1. The molecular weight excluding hydrogens is 190 g/mol. The molecule has 0 aliphatic heterocycles. The summed E-state index contributed by atoms with van der Waals surface area (Å²) in [5.41, 5.74) is 3.33. The van der Waals surface area contributed by atoms with Crippen molar-refractivity contribution in [3.63, 3.8) is 0 Å². The summed E-state index contributed by atoms with van der Waals surface area (Å²) in [6.07, 6.45) is 5.77. The zero-order chi connectivity index (χ0) is 10.4. The lowest BCUT2D eigenvalue weighted by Gasteiger charge is -2.11. The summed E-state index contributed by atoms with van der Waals surface area (Å²) in [7, 11) is 0. The molecule has 3 heteroatoms. The fraction of sp³-hybridized carbons (Fsp3) is 0.583. The van der Waals surface area contributed by atoms with Crippen molar-refractivity contribution in [2.24, 2.45) is 0 Å². The third kappa shape index (κ3) is 1.15. The van der Waals surface area contributed by atoms with Gasteiger partial charge in [-0.1, -0.05) is 0 Å². The van der Waals surface area contributed by atoms with E-state index in [1.54, 1.807) is 0 Å². The number of ether oxygens (including phenoxy) is 1. The van der Waals surface area contributed by atoms with Crippen LogP contribution in [0, 0.1) is 0 Å². The molecule has 1 N–H and O–H groups in total. The smallest absolute Gasteiger partial charge is 0.355 e. The Bertz CT molecular complexity index is 408. The monoisotopic (exact) mass is 205 g/mol. The normalized spacial score (nSPS) is 26.7. The fourth-order valence-corrected chi connectivity index (χ4v) is 3.13. The molecular formula is C12H15NO2. The minimum absolute atomic E-state index is 0.189. The lowest BCUT2D eigenvalue weighted by Crippen LogP contribution is -2.09. The maximum absolute atomic E-state index is 11.7. The number of H-pyrrole nitrogens is 1. The summed E-state index contributed by atoms with van der Waals surface area (Å²) in [6, 6.07) is 0. The molecule has 0 amide bonds. The van der Waals surface area contributed by atoms with Crippen molar-refractivity contribution in [2.75, 3.05) is 6.61 Å². The molecule has 3 nitrogen and oxygen atoms in total. The van der Waals surface area contributed by atoms with Gasteiger partial charge in [-0.2, -0.15) is 0 Å². The van der Waals surface area contributed by atoms with Crippen molar-refractivity contribution in [1.29, 1.82) is 0 Å². The highest BCUT2D eigenvalue weighted by Gasteiger charge is 2.40. The first kappa shape index (κ1) is 9.01. The predicted octanol–water partition coefficient (Wildman–Crippen LogP) is 2.56. The van der Waals surface area contributed by atoms with Gasteiger partial charge in [0, 0.05) is 6.20 Å². The van der Waals surface area contributed by atoms with Crippen LogP contribution in [0.4, 0.5) is 0 Å². The highest BCUT2D eigenvalue weighted by atomic mass is 16.5. The van der Waals surface area contributed by atoms with Crippen LogP contribution in [0.15, 0.2) is 6.20 Å². The van der Waals surface area contributed by atoms with E-state index in [-0.39, 0.29) is 5.97 Å². The highest BCUT2D eigenvalue weighted by molar-refractivity contribution is 5.90. The number of rotatable bonds is 2. The quantitative estimate of drug-likeness (QED) is 0.754.